The van der Waals surface area contributed by atoms with Crippen molar-refractivity contribution in [1.29, 1.82) is 0 Å². The average Bonchev–Trinajstić information content (AvgIpc) is 3.49. The number of carbonyl (C=O) groups excluding carboxylic acids is 1. The minimum absolute atomic E-state index is 0.00896. The Balaban J connectivity index is 1.35. The second kappa shape index (κ2) is 9.25. The molecule has 0 radical (unpaired) electrons. The molecule has 7 heteroatoms. The fraction of sp³-hybridized carbons (Fsp3) is 0.462. The molecule has 2 aromatic rings. The number of hydrogen-bond acceptors (Lipinski definition) is 6. The molecule has 33 heavy (non-hydrogen) atoms. The van der Waals surface area contributed by atoms with Gasteiger partial charge >= 0.3 is 0 Å². The Kier molecular flexibility index (Phi) is 6.19. The first kappa shape index (κ1) is 22.1. The molecule has 0 bridgehead atoms. The number of piperidine rings is 1. The van der Waals surface area contributed by atoms with Crippen molar-refractivity contribution >= 4 is 11.6 Å². The van der Waals surface area contributed by atoms with Gasteiger partial charge in [0.05, 0.1) is 38.6 Å². The highest BCUT2D eigenvalue weighted by atomic mass is 16.7. The lowest BCUT2D eigenvalue weighted by molar-refractivity contribution is -0.186. The normalized spacial score (nSPS) is 22.5. The monoisotopic (exact) mass is 449 g/mol. The van der Waals surface area contributed by atoms with E-state index in [1.54, 1.807) is 12.1 Å². The Morgan fingerprint density at radius 1 is 1.12 bits per heavy atom. The molecule has 1 amide bonds. The second-order valence-corrected chi connectivity index (χ2v) is 9.03. The molecule has 7 nitrogen and oxygen atoms in total. The maximum Gasteiger partial charge on any atom is 0.257 e. The van der Waals surface area contributed by atoms with E-state index in [-0.39, 0.29) is 11.9 Å². The van der Waals surface area contributed by atoms with Crippen molar-refractivity contribution in [2.24, 2.45) is 5.10 Å². The van der Waals surface area contributed by atoms with Gasteiger partial charge in [-0.05, 0) is 30.2 Å². The number of rotatable bonds is 5. The molecule has 174 valence electrons. The zero-order valence-electron chi connectivity index (χ0n) is 19.3. The summed E-state index contributed by atoms with van der Waals surface area (Å²) in [5.41, 5.74) is 4.20. The first-order valence-corrected chi connectivity index (χ1v) is 11.7. The van der Waals surface area contributed by atoms with Crippen LogP contribution >= 0.6 is 0 Å². The molecule has 0 aromatic heterocycles. The van der Waals surface area contributed by atoms with E-state index >= 15 is 0 Å². The smallest absolute Gasteiger partial charge is 0.257 e. The van der Waals surface area contributed by atoms with E-state index in [0.717, 1.165) is 48.5 Å². The van der Waals surface area contributed by atoms with Gasteiger partial charge in [-0.1, -0.05) is 42.0 Å². The number of aryl methyl sites for hydroxylation is 1. The lowest BCUT2D eigenvalue weighted by Crippen LogP contribution is -2.48. The number of carbonyl (C=O) groups is 1. The van der Waals surface area contributed by atoms with Gasteiger partial charge in [-0.15, -0.1) is 0 Å². The highest BCUT2D eigenvalue weighted by Gasteiger charge is 2.41. The second-order valence-electron chi connectivity index (χ2n) is 9.03. The van der Waals surface area contributed by atoms with Crippen molar-refractivity contribution in [1.82, 2.24) is 9.91 Å². The molecule has 0 N–H and O–H groups in total. The summed E-state index contributed by atoms with van der Waals surface area (Å²) in [5.74, 6) is 0.351. The Labute approximate surface area is 194 Å². The molecule has 0 saturated carbocycles. The van der Waals surface area contributed by atoms with E-state index in [9.17, 15) is 4.79 Å². The van der Waals surface area contributed by atoms with Crippen molar-refractivity contribution < 1.29 is 19.0 Å². The van der Waals surface area contributed by atoms with Crippen molar-refractivity contribution in [3.63, 3.8) is 0 Å². The van der Waals surface area contributed by atoms with E-state index in [2.05, 4.69) is 30.0 Å². The van der Waals surface area contributed by atoms with Crippen LogP contribution in [0.2, 0.25) is 0 Å². The largest absolute Gasteiger partial charge is 0.497 e. The van der Waals surface area contributed by atoms with Gasteiger partial charge < -0.3 is 14.2 Å². The van der Waals surface area contributed by atoms with E-state index in [0.29, 0.717) is 26.2 Å². The Hall–Kier alpha value is -2.74. The van der Waals surface area contributed by atoms with Gasteiger partial charge in [-0.25, -0.2) is 5.01 Å². The quantitative estimate of drug-likeness (QED) is 0.699. The third kappa shape index (κ3) is 4.67. The van der Waals surface area contributed by atoms with Crippen LogP contribution in [0.3, 0.4) is 0 Å². The van der Waals surface area contributed by atoms with Crippen molar-refractivity contribution in [2.75, 3.05) is 40.0 Å². The zero-order chi connectivity index (χ0) is 22.8. The SMILES string of the molecule is COc1cccc(C2CC(c3cccc(C)c3)=NN2C(=O)CN2CCC3(CC2)OCCO3)c1. The van der Waals surface area contributed by atoms with E-state index < -0.39 is 5.79 Å². The summed E-state index contributed by atoms with van der Waals surface area (Å²) in [6.45, 7) is 5.27. The molecule has 5 rings (SSSR count). The maximum absolute atomic E-state index is 13.5. The number of hydrazone groups is 1. The van der Waals surface area contributed by atoms with E-state index in [1.807, 2.05) is 30.3 Å². The number of benzene rings is 2. The van der Waals surface area contributed by atoms with Gasteiger partial charge in [-0.3, -0.25) is 9.69 Å². The van der Waals surface area contributed by atoms with Crippen LogP contribution in [0.25, 0.3) is 0 Å². The lowest BCUT2D eigenvalue weighted by atomic mass is 9.97. The number of ether oxygens (including phenoxy) is 3. The first-order valence-electron chi connectivity index (χ1n) is 11.7. The van der Waals surface area contributed by atoms with Crippen LogP contribution in [0.5, 0.6) is 5.75 Å². The molecule has 1 atom stereocenters. The molecule has 1 unspecified atom stereocenters. The molecule has 1 spiro atoms. The van der Waals surface area contributed by atoms with Gasteiger partial charge in [0.15, 0.2) is 5.79 Å². The molecular formula is C26H31N3O4. The third-order valence-corrected chi connectivity index (χ3v) is 6.79. The number of likely N-dealkylation sites (tertiary alicyclic amines) is 1. The number of methoxy groups -OCH3 is 1. The number of nitrogens with zero attached hydrogens (tertiary/aromatic N) is 3. The van der Waals surface area contributed by atoms with Crippen molar-refractivity contribution in [3.05, 3.63) is 65.2 Å². The fourth-order valence-corrected chi connectivity index (χ4v) is 4.95. The molecule has 3 aliphatic heterocycles. The number of amides is 1. The van der Waals surface area contributed by atoms with Gasteiger partial charge in [0.1, 0.15) is 5.75 Å². The van der Waals surface area contributed by atoms with Crippen molar-refractivity contribution in [2.45, 2.75) is 38.0 Å². The number of hydrogen-bond donors (Lipinski definition) is 0. The minimum Gasteiger partial charge on any atom is -0.497 e. The Morgan fingerprint density at radius 3 is 2.61 bits per heavy atom. The topological polar surface area (TPSA) is 63.6 Å². The molecule has 3 aliphatic rings. The summed E-state index contributed by atoms with van der Waals surface area (Å²) < 4.78 is 17.1. The molecular weight excluding hydrogens is 418 g/mol. The lowest BCUT2D eigenvalue weighted by Gasteiger charge is -2.37. The fourth-order valence-electron chi connectivity index (χ4n) is 4.95. The predicted octanol–water partition coefficient (Wildman–Crippen LogP) is 3.52. The van der Waals surface area contributed by atoms with Crippen LogP contribution in [0.1, 0.15) is 42.0 Å². The molecule has 0 aliphatic carbocycles. The van der Waals surface area contributed by atoms with Gasteiger partial charge in [0.25, 0.3) is 5.91 Å². The molecule has 2 aromatic carbocycles. The minimum atomic E-state index is -0.438. The van der Waals surface area contributed by atoms with E-state index in [4.69, 9.17) is 19.3 Å². The summed E-state index contributed by atoms with van der Waals surface area (Å²) in [6.07, 6.45) is 2.25. The predicted molar refractivity (Wildman–Crippen MR) is 125 cm³/mol. The van der Waals surface area contributed by atoms with Gasteiger partial charge in [0.2, 0.25) is 0 Å². The molecule has 2 saturated heterocycles. The summed E-state index contributed by atoms with van der Waals surface area (Å²) in [4.78, 5) is 15.7. The third-order valence-electron chi connectivity index (χ3n) is 6.79. The summed E-state index contributed by atoms with van der Waals surface area (Å²) in [5, 5.41) is 6.51. The van der Waals surface area contributed by atoms with Crippen LogP contribution in [-0.4, -0.2) is 67.3 Å². The Morgan fingerprint density at radius 2 is 1.88 bits per heavy atom. The molecule has 2 fully saturated rings. The Bertz CT molecular complexity index is 1040. The average molecular weight is 450 g/mol. The highest BCUT2D eigenvalue weighted by molar-refractivity contribution is 6.03. The summed E-state index contributed by atoms with van der Waals surface area (Å²) in [6, 6.07) is 16.1. The van der Waals surface area contributed by atoms with Crippen LogP contribution < -0.4 is 4.74 Å². The summed E-state index contributed by atoms with van der Waals surface area (Å²) >= 11 is 0. The molecule has 3 heterocycles. The standard InChI is InChI=1S/C26H31N3O4/c1-19-5-3-6-20(15-19)23-17-24(21-7-4-8-22(16-21)31-2)29(27-23)25(30)18-28-11-9-26(10-12-28)32-13-14-33-26/h3-8,15-16,24H,9-14,17-18H2,1-2H3. The summed E-state index contributed by atoms with van der Waals surface area (Å²) in [7, 11) is 1.66. The first-order chi connectivity index (χ1) is 16.0. The van der Waals surface area contributed by atoms with Crippen LogP contribution in [0.4, 0.5) is 0 Å². The highest BCUT2D eigenvalue weighted by Crippen LogP contribution is 2.35. The van der Waals surface area contributed by atoms with Crippen LogP contribution in [-0.2, 0) is 14.3 Å². The maximum atomic E-state index is 13.5. The van der Waals surface area contributed by atoms with Crippen LogP contribution in [0, 0.1) is 6.92 Å². The van der Waals surface area contributed by atoms with Crippen molar-refractivity contribution in [3.8, 4) is 5.75 Å². The van der Waals surface area contributed by atoms with Gasteiger partial charge in [-0.2, -0.15) is 5.10 Å². The van der Waals surface area contributed by atoms with Gasteiger partial charge in [0, 0.05) is 32.4 Å². The zero-order valence-corrected chi connectivity index (χ0v) is 19.3. The van der Waals surface area contributed by atoms with Crippen LogP contribution in [0.15, 0.2) is 53.6 Å². The van der Waals surface area contributed by atoms with E-state index in [1.165, 1.54) is 5.56 Å².